The van der Waals surface area contributed by atoms with E-state index in [9.17, 15) is 4.39 Å². The highest BCUT2D eigenvalue weighted by Gasteiger charge is 2.48. The topological polar surface area (TPSA) is 3.24 Å². The fraction of sp³-hybridized carbons (Fsp3) is 1.00. The highest BCUT2D eigenvalue weighted by molar-refractivity contribution is 5.03. The first-order chi connectivity index (χ1) is 4.58. The molecule has 2 atom stereocenters. The maximum absolute atomic E-state index is 13.3. The van der Waals surface area contributed by atoms with Gasteiger partial charge in [0.05, 0.1) is 0 Å². The molecule has 2 saturated heterocycles. The maximum atomic E-state index is 13.3. The molecule has 3 aliphatic rings. The molecule has 0 radical (unpaired) electrons. The summed E-state index contributed by atoms with van der Waals surface area (Å²) in [6, 6.07) is 1.10. The summed E-state index contributed by atoms with van der Waals surface area (Å²) in [6.45, 7) is 1.74. The third-order valence-corrected chi connectivity index (χ3v) is 3.02. The van der Waals surface area contributed by atoms with Crippen LogP contribution >= 0.6 is 0 Å². The van der Waals surface area contributed by atoms with Crippen molar-refractivity contribution < 1.29 is 4.39 Å². The second-order valence-corrected chi connectivity index (χ2v) is 4.03. The predicted molar refractivity (Wildman–Crippen MR) is 38.7 cm³/mol. The van der Waals surface area contributed by atoms with E-state index in [1.807, 2.05) is 0 Å². The lowest BCUT2D eigenvalue weighted by atomic mass is 9.73. The van der Waals surface area contributed by atoms with E-state index in [0.29, 0.717) is 12.1 Å². The van der Waals surface area contributed by atoms with Gasteiger partial charge < -0.3 is 4.90 Å². The van der Waals surface area contributed by atoms with E-state index < -0.39 is 5.67 Å². The molecule has 3 rings (SSSR count). The largest absolute Gasteiger partial charge is 0.300 e. The molecule has 2 heteroatoms. The van der Waals surface area contributed by atoms with Crippen molar-refractivity contribution in [2.75, 3.05) is 7.05 Å². The summed E-state index contributed by atoms with van der Waals surface area (Å²) in [5, 5.41) is 0. The number of nitrogens with zero attached hydrogens (tertiary/aromatic N) is 1. The van der Waals surface area contributed by atoms with Crippen molar-refractivity contribution >= 4 is 0 Å². The predicted octanol–water partition coefficient (Wildman–Crippen LogP) is 1.58. The van der Waals surface area contributed by atoms with Gasteiger partial charge in [-0.25, -0.2) is 4.39 Å². The molecule has 2 unspecified atom stereocenters. The fourth-order valence-corrected chi connectivity index (χ4v) is 2.33. The van der Waals surface area contributed by atoms with Crippen LogP contribution in [-0.4, -0.2) is 29.7 Å². The van der Waals surface area contributed by atoms with Crippen LogP contribution in [0, 0.1) is 0 Å². The van der Waals surface area contributed by atoms with Crippen molar-refractivity contribution in [2.45, 2.75) is 43.9 Å². The molecule has 1 aliphatic carbocycles. The van der Waals surface area contributed by atoms with E-state index in [2.05, 4.69) is 11.9 Å². The Balaban J connectivity index is 2.06. The van der Waals surface area contributed by atoms with Gasteiger partial charge in [0.25, 0.3) is 0 Å². The van der Waals surface area contributed by atoms with Crippen molar-refractivity contribution in [3.8, 4) is 0 Å². The molecule has 3 fully saturated rings. The monoisotopic (exact) mass is 143 g/mol. The molecule has 1 nitrogen and oxygen atoms in total. The normalized spacial score (nSPS) is 54.3. The van der Waals surface area contributed by atoms with Gasteiger partial charge in [-0.2, -0.15) is 0 Å². The summed E-state index contributed by atoms with van der Waals surface area (Å²) in [5.41, 5.74) is -0.861. The molecule has 0 spiro atoms. The van der Waals surface area contributed by atoms with Gasteiger partial charge in [-0.3, -0.25) is 0 Å². The van der Waals surface area contributed by atoms with E-state index in [0.717, 1.165) is 12.8 Å². The van der Waals surface area contributed by atoms with Gasteiger partial charge >= 0.3 is 0 Å². The number of piperidine rings is 1. The summed E-state index contributed by atoms with van der Waals surface area (Å²) in [6.07, 6.45) is 2.73. The van der Waals surface area contributed by atoms with E-state index in [1.165, 1.54) is 6.42 Å². The van der Waals surface area contributed by atoms with Crippen molar-refractivity contribution in [3.63, 3.8) is 0 Å². The Kier molecular flexibility index (Phi) is 1.14. The highest BCUT2D eigenvalue weighted by atomic mass is 19.1. The van der Waals surface area contributed by atoms with E-state index in [-0.39, 0.29) is 0 Å². The molecule has 0 aromatic carbocycles. The number of halogens is 1. The summed E-state index contributed by atoms with van der Waals surface area (Å²) in [5.74, 6) is 0. The number of fused-ring (bicyclic) bond motifs is 2. The van der Waals surface area contributed by atoms with Crippen LogP contribution in [0.25, 0.3) is 0 Å². The average Bonchev–Trinajstić information content (AvgIpc) is 1.85. The number of hydrogen-bond acceptors (Lipinski definition) is 1. The van der Waals surface area contributed by atoms with Crippen molar-refractivity contribution in [2.24, 2.45) is 0 Å². The van der Waals surface area contributed by atoms with Crippen molar-refractivity contribution in [1.82, 2.24) is 4.90 Å². The molecule has 1 saturated carbocycles. The molecule has 2 aliphatic heterocycles. The van der Waals surface area contributed by atoms with E-state index in [4.69, 9.17) is 0 Å². The Morgan fingerprint density at radius 3 is 2.20 bits per heavy atom. The first-order valence-corrected chi connectivity index (χ1v) is 3.99. The second-order valence-electron chi connectivity index (χ2n) is 4.03. The van der Waals surface area contributed by atoms with E-state index >= 15 is 0 Å². The van der Waals surface area contributed by atoms with Crippen LogP contribution in [0.1, 0.15) is 26.2 Å². The summed E-state index contributed by atoms with van der Waals surface area (Å²) in [7, 11) is 2.11. The number of hydrogen-bond donors (Lipinski definition) is 0. The van der Waals surface area contributed by atoms with Crippen LogP contribution in [0.5, 0.6) is 0 Å². The Morgan fingerprint density at radius 2 is 1.90 bits per heavy atom. The van der Waals surface area contributed by atoms with Gasteiger partial charge in [0, 0.05) is 12.1 Å². The molecular formula is C8H14FN. The Morgan fingerprint density at radius 1 is 1.40 bits per heavy atom. The van der Waals surface area contributed by atoms with Crippen LogP contribution in [0.2, 0.25) is 0 Å². The van der Waals surface area contributed by atoms with Gasteiger partial charge in [0.1, 0.15) is 5.67 Å². The molecular weight excluding hydrogens is 129 g/mol. The third-order valence-electron chi connectivity index (χ3n) is 3.02. The van der Waals surface area contributed by atoms with E-state index in [1.54, 1.807) is 6.92 Å². The third kappa shape index (κ3) is 0.782. The Labute approximate surface area is 61.2 Å². The summed E-state index contributed by atoms with van der Waals surface area (Å²) < 4.78 is 13.3. The first kappa shape index (κ1) is 6.59. The van der Waals surface area contributed by atoms with Crippen LogP contribution < -0.4 is 0 Å². The molecule has 0 aromatic heterocycles. The SMILES string of the molecule is CN1C2CC1CC(C)(F)C2. The minimum atomic E-state index is -0.861. The number of rotatable bonds is 0. The lowest BCUT2D eigenvalue weighted by molar-refractivity contribution is -0.0780. The van der Waals surface area contributed by atoms with Crippen LogP contribution in [0.15, 0.2) is 0 Å². The molecule has 58 valence electrons. The van der Waals surface area contributed by atoms with Gasteiger partial charge in [-0.1, -0.05) is 0 Å². The molecule has 0 aromatic rings. The lowest BCUT2D eigenvalue weighted by Crippen LogP contribution is -2.62. The zero-order valence-electron chi connectivity index (χ0n) is 6.60. The van der Waals surface area contributed by atoms with Crippen molar-refractivity contribution in [1.29, 1.82) is 0 Å². The average molecular weight is 143 g/mol. The van der Waals surface area contributed by atoms with Crippen LogP contribution in [-0.2, 0) is 0 Å². The van der Waals surface area contributed by atoms with Crippen molar-refractivity contribution in [3.05, 3.63) is 0 Å². The maximum Gasteiger partial charge on any atom is 0.111 e. The fourth-order valence-electron chi connectivity index (χ4n) is 2.33. The Bertz CT molecular complexity index is 141. The number of alkyl halides is 1. The van der Waals surface area contributed by atoms with Gasteiger partial charge in [-0.15, -0.1) is 0 Å². The van der Waals surface area contributed by atoms with Gasteiger partial charge in [-0.05, 0) is 33.2 Å². The minimum absolute atomic E-state index is 0.550. The quantitative estimate of drug-likeness (QED) is 0.497. The molecule has 0 amide bonds. The van der Waals surface area contributed by atoms with Crippen LogP contribution in [0.3, 0.4) is 0 Å². The van der Waals surface area contributed by atoms with Crippen LogP contribution in [0.4, 0.5) is 4.39 Å². The lowest BCUT2D eigenvalue weighted by Gasteiger charge is -2.55. The van der Waals surface area contributed by atoms with Gasteiger partial charge in [0.15, 0.2) is 0 Å². The highest BCUT2D eigenvalue weighted by Crippen LogP contribution is 2.43. The molecule has 0 N–H and O–H groups in total. The molecule has 2 heterocycles. The zero-order valence-corrected chi connectivity index (χ0v) is 6.60. The summed E-state index contributed by atoms with van der Waals surface area (Å²) in [4.78, 5) is 2.31. The standard InChI is InChI=1S/C8H14FN/c1-8(9)4-6-3-7(5-8)10(6)2/h6-7H,3-5H2,1-2H3. The second kappa shape index (κ2) is 1.73. The zero-order chi connectivity index (χ0) is 7.35. The first-order valence-electron chi connectivity index (χ1n) is 3.99. The summed E-state index contributed by atoms with van der Waals surface area (Å²) >= 11 is 0. The minimum Gasteiger partial charge on any atom is -0.300 e. The Hall–Kier alpha value is -0.110. The molecule has 10 heavy (non-hydrogen) atoms. The molecule has 2 bridgehead atoms. The smallest absolute Gasteiger partial charge is 0.111 e. The van der Waals surface area contributed by atoms with Gasteiger partial charge in [0.2, 0.25) is 0 Å².